The zero-order valence-corrected chi connectivity index (χ0v) is 21.6. The Morgan fingerprint density at radius 1 is 1.29 bits per heavy atom. The van der Waals surface area contributed by atoms with E-state index in [-0.39, 0.29) is 41.2 Å². The number of esters is 1. The third kappa shape index (κ3) is 3.16. The highest BCUT2D eigenvalue weighted by molar-refractivity contribution is 5.76. The summed E-state index contributed by atoms with van der Waals surface area (Å²) in [7, 11) is 4.03. The van der Waals surface area contributed by atoms with Gasteiger partial charge in [0, 0.05) is 24.8 Å². The van der Waals surface area contributed by atoms with Gasteiger partial charge in [-0.25, -0.2) is 0 Å². The molecule has 2 heterocycles. The van der Waals surface area contributed by atoms with Crippen LogP contribution >= 0.6 is 0 Å². The van der Waals surface area contributed by atoms with E-state index in [1.807, 2.05) is 41.7 Å². The van der Waals surface area contributed by atoms with E-state index in [1.54, 1.807) is 6.07 Å². The molecular formula is C27H40N2O5. The number of hydrogen-bond donors (Lipinski definition) is 2. The molecule has 1 aromatic rings. The second kappa shape index (κ2) is 7.84. The number of piperidine rings is 1. The number of benzene rings is 1. The SMILES string of the molecule is CO[C@@]12CCC(N[C@@H](C(=O)OC(C)(C)C)C(C)C)[C@@H]3Oc4c(O)ccc5c4[C@@]31CCN(C)C2C5. The van der Waals surface area contributed by atoms with Gasteiger partial charge in [0.05, 0.1) is 11.0 Å². The Kier molecular flexibility index (Phi) is 5.51. The van der Waals surface area contributed by atoms with Crippen molar-refractivity contribution in [3.8, 4) is 11.5 Å². The zero-order chi connectivity index (χ0) is 24.6. The molecule has 2 bridgehead atoms. The first-order valence-corrected chi connectivity index (χ1v) is 12.7. The summed E-state index contributed by atoms with van der Waals surface area (Å²) in [6.45, 7) is 10.7. The molecule has 2 fully saturated rings. The van der Waals surface area contributed by atoms with E-state index in [1.165, 1.54) is 5.56 Å². The second-order valence-electron chi connectivity index (χ2n) is 12.1. The summed E-state index contributed by atoms with van der Waals surface area (Å²) in [5.74, 6) is 0.633. The fourth-order valence-corrected chi connectivity index (χ4v) is 7.44. The molecule has 1 spiro atoms. The van der Waals surface area contributed by atoms with Crippen molar-refractivity contribution in [2.45, 2.75) is 101 Å². The third-order valence-corrected chi connectivity index (χ3v) is 8.77. The monoisotopic (exact) mass is 472 g/mol. The molecule has 7 heteroatoms. The fraction of sp³-hybridized carbons (Fsp3) is 0.741. The van der Waals surface area contributed by atoms with E-state index in [2.05, 4.69) is 23.3 Å². The summed E-state index contributed by atoms with van der Waals surface area (Å²) in [5.41, 5.74) is 1.06. The van der Waals surface area contributed by atoms with Gasteiger partial charge in [-0.2, -0.15) is 0 Å². The topological polar surface area (TPSA) is 80.3 Å². The van der Waals surface area contributed by atoms with Gasteiger partial charge in [-0.05, 0) is 77.6 Å². The van der Waals surface area contributed by atoms with Crippen LogP contribution in [0.2, 0.25) is 0 Å². The summed E-state index contributed by atoms with van der Waals surface area (Å²) < 4.78 is 19.0. The van der Waals surface area contributed by atoms with Gasteiger partial charge in [0.1, 0.15) is 17.7 Å². The number of hydrogen-bond acceptors (Lipinski definition) is 7. The Bertz CT molecular complexity index is 988. The molecule has 2 unspecified atom stereocenters. The van der Waals surface area contributed by atoms with Gasteiger partial charge in [0.25, 0.3) is 0 Å². The predicted molar refractivity (Wildman–Crippen MR) is 129 cm³/mol. The Morgan fingerprint density at radius 2 is 2.03 bits per heavy atom. The molecule has 1 saturated carbocycles. The molecule has 1 aromatic carbocycles. The first-order valence-electron chi connectivity index (χ1n) is 12.7. The van der Waals surface area contributed by atoms with Crippen molar-refractivity contribution in [1.82, 2.24) is 10.2 Å². The van der Waals surface area contributed by atoms with E-state index in [9.17, 15) is 9.90 Å². The lowest BCUT2D eigenvalue weighted by Gasteiger charge is -2.65. The molecule has 2 aliphatic carbocycles. The highest BCUT2D eigenvalue weighted by Gasteiger charge is 2.73. The summed E-state index contributed by atoms with van der Waals surface area (Å²) in [6, 6.07) is 3.56. The van der Waals surface area contributed by atoms with E-state index < -0.39 is 17.2 Å². The summed E-state index contributed by atoms with van der Waals surface area (Å²) >= 11 is 0. The molecule has 7 nitrogen and oxygen atoms in total. The van der Waals surface area contributed by atoms with Crippen molar-refractivity contribution in [3.05, 3.63) is 23.3 Å². The number of nitrogens with zero attached hydrogens (tertiary/aromatic N) is 1. The number of phenols is 1. The van der Waals surface area contributed by atoms with Crippen LogP contribution in [0, 0.1) is 5.92 Å². The van der Waals surface area contributed by atoms with Crippen molar-refractivity contribution in [2.75, 3.05) is 20.7 Å². The number of ether oxygens (including phenoxy) is 3. The second-order valence-corrected chi connectivity index (χ2v) is 12.1. The van der Waals surface area contributed by atoms with Crippen molar-refractivity contribution in [1.29, 1.82) is 0 Å². The highest BCUT2D eigenvalue weighted by Crippen LogP contribution is 2.66. The van der Waals surface area contributed by atoms with Gasteiger partial charge in [-0.15, -0.1) is 0 Å². The maximum Gasteiger partial charge on any atom is 0.323 e. The predicted octanol–water partition coefficient (Wildman–Crippen LogP) is 3.15. The quantitative estimate of drug-likeness (QED) is 0.637. The van der Waals surface area contributed by atoms with Gasteiger partial charge in [0.15, 0.2) is 11.5 Å². The maximum atomic E-state index is 13.1. The minimum Gasteiger partial charge on any atom is -0.504 e. The summed E-state index contributed by atoms with van der Waals surface area (Å²) in [4.78, 5) is 15.6. The molecule has 0 amide bonds. The lowest BCUT2D eigenvalue weighted by molar-refractivity contribution is -0.204. The smallest absolute Gasteiger partial charge is 0.323 e. The minimum atomic E-state index is -0.548. The number of rotatable bonds is 5. The highest BCUT2D eigenvalue weighted by atomic mass is 16.6. The Hall–Kier alpha value is -1.83. The average molecular weight is 473 g/mol. The summed E-state index contributed by atoms with van der Waals surface area (Å²) in [5, 5.41) is 14.5. The molecular weight excluding hydrogens is 432 g/mol. The van der Waals surface area contributed by atoms with Crippen LogP contribution in [0.5, 0.6) is 11.5 Å². The normalized spacial score (nSPS) is 35.0. The van der Waals surface area contributed by atoms with Gasteiger partial charge >= 0.3 is 5.97 Å². The molecule has 6 atom stereocenters. The van der Waals surface area contributed by atoms with Gasteiger partial charge < -0.3 is 24.2 Å². The standard InChI is InChI=1S/C27H40N2O5/c1-15(2)21(24(31)34-25(3,4)5)28-17-10-11-27(32-7)19-14-16-8-9-18(30)22-20(16)26(27,23(17)33-22)12-13-29(19)6/h8-9,15,17,19,21,23,28,30H,10-14H2,1-7H3/t17?,19?,21-,23+,26+,27-/m1/s1. The number of likely N-dealkylation sites (tertiary alicyclic amines) is 1. The number of aromatic hydroxyl groups is 1. The summed E-state index contributed by atoms with van der Waals surface area (Å²) in [6.07, 6.45) is 3.22. The third-order valence-electron chi connectivity index (χ3n) is 8.77. The van der Waals surface area contributed by atoms with E-state index in [4.69, 9.17) is 14.2 Å². The number of likely N-dealkylation sites (N-methyl/N-ethyl adjacent to an activating group) is 1. The fourth-order valence-electron chi connectivity index (χ4n) is 7.44. The van der Waals surface area contributed by atoms with Crippen molar-refractivity contribution in [2.24, 2.45) is 5.92 Å². The van der Waals surface area contributed by atoms with Crippen LogP contribution < -0.4 is 10.1 Å². The van der Waals surface area contributed by atoms with Crippen LogP contribution in [0.4, 0.5) is 0 Å². The maximum absolute atomic E-state index is 13.1. The van der Waals surface area contributed by atoms with Crippen molar-refractivity contribution < 1.29 is 24.1 Å². The number of carbonyl (C=O) groups is 1. The van der Waals surface area contributed by atoms with E-state index in [0.717, 1.165) is 37.8 Å². The lowest BCUT2D eigenvalue weighted by atomic mass is 9.48. The molecule has 4 aliphatic rings. The van der Waals surface area contributed by atoms with Crippen LogP contribution in [0.1, 0.15) is 65.0 Å². The van der Waals surface area contributed by atoms with Gasteiger partial charge in [-0.1, -0.05) is 19.9 Å². The Morgan fingerprint density at radius 3 is 2.68 bits per heavy atom. The van der Waals surface area contributed by atoms with E-state index in [0.29, 0.717) is 5.75 Å². The molecule has 0 aromatic heterocycles. The molecule has 34 heavy (non-hydrogen) atoms. The van der Waals surface area contributed by atoms with Crippen LogP contribution in [-0.4, -0.2) is 72.1 Å². The molecule has 188 valence electrons. The number of phenolic OH excluding ortho intramolecular Hbond substituents is 1. The van der Waals surface area contributed by atoms with Crippen LogP contribution in [0.3, 0.4) is 0 Å². The zero-order valence-electron chi connectivity index (χ0n) is 21.6. The molecule has 2 aliphatic heterocycles. The Labute approximate surface area is 203 Å². The van der Waals surface area contributed by atoms with E-state index >= 15 is 0 Å². The van der Waals surface area contributed by atoms with Gasteiger partial charge in [0.2, 0.25) is 0 Å². The van der Waals surface area contributed by atoms with Crippen LogP contribution in [-0.2, 0) is 26.1 Å². The molecule has 0 radical (unpaired) electrons. The number of carbonyl (C=O) groups excluding carboxylic acids is 1. The molecule has 2 N–H and O–H groups in total. The van der Waals surface area contributed by atoms with Crippen LogP contribution in [0.25, 0.3) is 0 Å². The number of nitrogens with one attached hydrogen (secondary N) is 1. The van der Waals surface area contributed by atoms with Crippen LogP contribution in [0.15, 0.2) is 12.1 Å². The minimum absolute atomic E-state index is 0.0609. The van der Waals surface area contributed by atoms with Crippen molar-refractivity contribution >= 4 is 5.97 Å². The molecule has 1 saturated heterocycles. The van der Waals surface area contributed by atoms with Gasteiger partial charge in [-0.3, -0.25) is 10.1 Å². The lowest BCUT2D eigenvalue weighted by Crippen LogP contribution is -2.78. The Balaban J connectivity index is 1.57. The first kappa shape index (κ1) is 23.9. The van der Waals surface area contributed by atoms with Crippen molar-refractivity contribution in [3.63, 3.8) is 0 Å². The average Bonchev–Trinajstić information content (AvgIpc) is 3.11. The molecule has 5 rings (SSSR count). The first-order chi connectivity index (χ1) is 15.9. The largest absolute Gasteiger partial charge is 0.504 e. The number of methoxy groups -OCH3 is 1.